The van der Waals surface area contributed by atoms with Crippen molar-refractivity contribution in [2.75, 3.05) is 6.54 Å². The maximum atomic E-state index is 13.3. The highest BCUT2D eigenvalue weighted by Gasteiger charge is 2.05. The van der Waals surface area contributed by atoms with E-state index in [-0.39, 0.29) is 5.82 Å². The minimum absolute atomic E-state index is 0.300. The van der Waals surface area contributed by atoms with Crippen molar-refractivity contribution in [1.29, 1.82) is 0 Å². The van der Waals surface area contributed by atoms with Crippen molar-refractivity contribution in [2.45, 2.75) is 26.8 Å². The number of aromatic nitrogens is 1. The van der Waals surface area contributed by atoms with Gasteiger partial charge in [0.2, 0.25) is 0 Å². The monoisotopic (exact) mass is 258 g/mol. The summed E-state index contributed by atoms with van der Waals surface area (Å²) in [4.78, 5) is 3.92. The maximum absolute atomic E-state index is 13.3. The Bertz CT molecular complexity index is 552. The number of hydrogen-bond donors (Lipinski definition) is 1. The molecule has 0 spiro atoms. The highest BCUT2D eigenvalue weighted by Crippen LogP contribution is 2.24. The highest BCUT2D eigenvalue weighted by atomic mass is 19.1. The second-order valence-corrected chi connectivity index (χ2v) is 4.72. The van der Waals surface area contributed by atoms with Gasteiger partial charge in [-0.05, 0) is 48.7 Å². The smallest absolute Gasteiger partial charge is 0.142 e. The summed E-state index contributed by atoms with van der Waals surface area (Å²) in [5.74, 6) is -0.300. The van der Waals surface area contributed by atoms with Crippen molar-refractivity contribution >= 4 is 0 Å². The van der Waals surface area contributed by atoms with Crippen LogP contribution in [0, 0.1) is 12.7 Å². The number of halogens is 1. The minimum Gasteiger partial charge on any atom is -0.313 e. The quantitative estimate of drug-likeness (QED) is 0.827. The Balaban J connectivity index is 2.26. The van der Waals surface area contributed by atoms with Crippen molar-refractivity contribution in [3.63, 3.8) is 0 Å². The molecule has 0 radical (unpaired) electrons. The van der Waals surface area contributed by atoms with Gasteiger partial charge in [-0.3, -0.25) is 4.98 Å². The molecule has 0 atom stereocenters. The average Bonchev–Trinajstić information content (AvgIpc) is 2.41. The third-order valence-electron chi connectivity index (χ3n) is 3.07. The summed E-state index contributed by atoms with van der Waals surface area (Å²) in [5.41, 5.74) is 4.21. The summed E-state index contributed by atoms with van der Waals surface area (Å²) in [7, 11) is 0. The molecule has 0 saturated heterocycles. The summed E-state index contributed by atoms with van der Waals surface area (Å²) < 4.78 is 13.3. The molecule has 2 aromatic rings. The fraction of sp³-hybridized carbons (Fsp3) is 0.312. The molecular weight excluding hydrogens is 239 g/mol. The van der Waals surface area contributed by atoms with Crippen LogP contribution in [-0.2, 0) is 6.54 Å². The molecule has 19 heavy (non-hydrogen) atoms. The molecule has 2 nitrogen and oxygen atoms in total. The summed E-state index contributed by atoms with van der Waals surface area (Å²) in [6.07, 6.45) is 4.05. The second kappa shape index (κ2) is 6.43. The SMILES string of the molecule is CCCNCc1ccc(C)c(-c2cncc(F)c2)c1. The van der Waals surface area contributed by atoms with Gasteiger partial charge in [-0.1, -0.05) is 19.1 Å². The van der Waals surface area contributed by atoms with Crippen LogP contribution in [0.1, 0.15) is 24.5 Å². The summed E-state index contributed by atoms with van der Waals surface area (Å²) in [5, 5.41) is 3.37. The van der Waals surface area contributed by atoms with Gasteiger partial charge >= 0.3 is 0 Å². The van der Waals surface area contributed by atoms with Crippen LogP contribution in [0.2, 0.25) is 0 Å². The fourth-order valence-corrected chi connectivity index (χ4v) is 2.06. The molecule has 0 amide bonds. The van der Waals surface area contributed by atoms with Crippen molar-refractivity contribution in [3.05, 3.63) is 53.6 Å². The summed E-state index contributed by atoms with van der Waals surface area (Å²) in [6, 6.07) is 7.81. The number of nitrogens with zero attached hydrogens (tertiary/aromatic N) is 1. The van der Waals surface area contributed by atoms with Gasteiger partial charge in [0.05, 0.1) is 6.20 Å². The van der Waals surface area contributed by atoms with E-state index in [1.54, 1.807) is 6.20 Å². The van der Waals surface area contributed by atoms with E-state index in [0.29, 0.717) is 0 Å². The lowest BCUT2D eigenvalue weighted by Gasteiger charge is -2.10. The van der Waals surface area contributed by atoms with E-state index in [0.717, 1.165) is 36.2 Å². The first-order valence-corrected chi connectivity index (χ1v) is 6.62. The molecule has 1 heterocycles. The Kier molecular flexibility index (Phi) is 4.63. The van der Waals surface area contributed by atoms with E-state index in [9.17, 15) is 4.39 Å². The zero-order chi connectivity index (χ0) is 13.7. The van der Waals surface area contributed by atoms with Crippen LogP contribution in [0.25, 0.3) is 11.1 Å². The van der Waals surface area contributed by atoms with Crippen molar-refractivity contribution in [3.8, 4) is 11.1 Å². The van der Waals surface area contributed by atoms with Gasteiger partial charge in [0, 0.05) is 18.3 Å². The Morgan fingerprint density at radius 1 is 1.21 bits per heavy atom. The first kappa shape index (κ1) is 13.7. The number of pyridine rings is 1. The largest absolute Gasteiger partial charge is 0.313 e. The molecule has 1 N–H and O–H groups in total. The first-order chi connectivity index (χ1) is 9.20. The number of benzene rings is 1. The summed E-state index contributed by atoms with van der Waals surface area (Å²) in [6.45, 7) is 6.02. The molecule has 0 aliphatic rings. The Hall–Kier alpha value is -1.74. The van der Waals surface area contributed by atoms with Crippen molar-refractivity contribution < 1.29 is 4.39 Å². The lowest BCUT2D eigenvalue weighted by molar-refractivity contribution is 0.622. The minimum atomic E-state index is -0.300. The molecule has 2 rings (SSSR count). The van der Waals surface area contributed by atoms with Crippen molar-refractivity contribution in [1.82, 2.24) is 10.3 Å². The van der Waals surface area contributed by atoms with Crippen LogP contribution in [0.4, 0.5) is 4.39 Å². The average molecular weight is 258 g/mol. The predicted octanol–water partition coefficient (Wildman–Crippen LogP) is 3.70. The normalized spacial score (nSPS) is 10.7. The Morgan fingerprint density at radius 2 is 2.05 bits per heavy atom. The Morgan fingerprint density at radius 3 is 2.79 bits per heavy atom. The molecule has 100 valence electrons. The van der Waals surface area contributed by atoms with Crippen LogP contribution >= 0.6 is 0 Å². The molecule has 0 bridgehead atoms. The third kappa shape index (κ3) is 3.61. The standard InChI is InChI=1S/C16H19FN2/c1-3-6-18-9-13-5-4-12(2)16(7-13)14-8-15(17)11-19-10-14/h4-5,7-8,10-11,18H,3,6,9H2,1-2H3. The Labute approximate surface area is 113 Å². The van der Waals surface area contributed by atoms with Gasteiger partial charge in [0.15, 0.2) is 0 Å². The van der Waals surface area contributed by atoms with Gasteiger partial charge < -0.3 is 5.32 Å². The lowest BCUT2D eigenvalue weighted by Crippen LogP contribution is -2.13. The number of nitrogens with one attached hydrogen (secondary N) is 1. The van der Waals surface area contributed by atoms with E-state index in [1.165, 1.54) is 17.8 Å². The number of rotatable bonds is 5. The van der Waals surface area contributed by atoms with Gasteiger partial charge in [-0.15, -0.1) is 0 Å². The number of hydrogen-bond acceptors (Lipinski definition) is 2. The van der Waals surface area contributed by atoms with Crippen LogP contribution < -0.4 is 5.32 Å². The molecule has 1 aromatic heterocycles. The molecule has 0 unspecified atom stereocenters. The third-order valence-corrected chi connectivity index (χ3v) is 3.07. The van der Waals surface area contributed by atoms with Crippen LogP contribution in [-0.4, -0.2) is 11.5 Å². The molecule has 0 aliphatic carbocycles. The highest BCUT2D eigenvalue weighted by molar-refractivity contribution is 5.67. The van der Waals surface area contributed by atoms with Gasteiger partial charge in [0.25, 0.3) is 0 Å². The predicted molar refractivity (Wildman–Crippen MR) is 76.4 cm³/mol. The first-order valence-electron chi connectivity index (χ1n) is 6.62. The zero-order valence-corrected chi connectivity index (χ0v) is 11.4. The molecule has 3 heteroatoms. The van der Waals surface area contributed by atoms with Crippen LogP contribution in [0.15, 0.2) is 36.7 Å². The lowest BCUT2D eigenvalue weighted by atomic mass is 9.99. The van der Waals surface area contributed by atoms with Gasteiger partial charge in [0.1, 0.15) is 5.82 Å². The van der Waals surface area contributed by atoms with E-state index < -0.39 is 0 Å². The van der Waals surface area contributed by atoms with E-state index in [4.69, 9.17) is 0 Å². The molecule has 0 fully saturated rings. The zero-order valence-electron chi connectivity index (χ0n) is 11.4. The van der Waals surface area contributed by atoms with Gasteiger partial charge in [-0.2, -0.15) is 0 Å². The summed E-state index contributed by atoms with van der Waals surface area (Å²) >= 11 is 0. The molecule has 0 saturated carbocycles. The fourth-order valence-electron chi connectivity index (χ4n) is 2.06. The topological polar surface area (TPSA) is 24.9 Å². The van der Waals surface area contributed by atoms with Crippen molar-refractivity contribution in [2.24, 2.45) is 0 Å². The molecule has 0 aliphatic heterocycles. The maximum Gasteiger partial charge on any atom is 0.142 e. The van der Waals surface area contributed by atoms with E-state index in [2.05, 4.69) is 35.4 Å². The van der Waals surface area contributed by atoms with Crippen LogP contribution in [0.3, 0.4) is 0 Å². The van der Waals surface area contributed by atoms with E-state index in [1.807, 2.05) is 6.92 Å². The molecular formula is C16H19FN2. The van der Waals surface area contributed by atoms with Gasteiger partial charge in [-0.25, -0.2) is 4.39 Å². The second-order valence-electron chi connectivity index (χ2n) is 4.72. The number of aryl methyl sites for hydroxylation is 1. The van der Waals surface area contributed by atoms with E-state index >= 15 is 0 Å². The van der Waals surface area contributed by atoms with Crippen LogP contribution in [0.5, 0.6) is 0 Å². The molecule has 1 aromatic carbocycles.